The third-order valence-electron chi connectivity index (χ3n) is 3.42. The average Bonchev–Trinajstić information content (AvgIpc) is 2.54. The summed E-state index contributed by atoms with van der Waals surface area (Å²) in [5, 5.41) is 25.7. The zero-order valence-corrected chi connectivity index (χ0v) is 12.7. The minimum absolute atomic E-state index is 0.0759. The van der Waals surface area contributed by atoms with Gasteiger partial charge in [-0.3, -0.25) is 9.78 Å². The number of nitrogens with zero attached hydrogens (tertiary/aromatic N) is 1. The Morgan fingerprint density at radius 3 is 2.62 bits per heavy atom. The molecule has 0 unspecified atom stereocenters. The number of aromatic hydroxyl groups is 2. The fourth-order valence-electron chi connectivity index (χ4n) is 2.36. The highest BCUT2D eigenvalue weighted by Gasteiger charge is 2.12. The monoisotopic (exact) mass is 327 g/mol. The fourth-order valence-corrected chi connectivity index (χ4v) is 2.36. The number of nitrogens with one attached hydrogen (secondary N) is 2. The first kappa shape index (κ1) is 15.5. The molecule has 0 atom stereocenters. The molecule has 122 valence electrons. The summed E-state index contributed by atoms with van der Waals surface area (Å²) in [6.07, 6.45) is 1.45. The summed E-state index contributed by atoms with van der Waals surface area (Å²) in [6.45, 7) is 1.33. The third kappa shape index (κ3) is 2.91. The number of carbonyl (C=O) groups excluding carboxylic acids is 1. The third-order valence-corrected chi connectivity index (χ3v) is 3.42. The Balaban J connectivity index is 2.08. The number of amides is 1. The maximum atomic E-state index is 13.9. The molecule has 1 amide bonds. The van der Waals surface area contributed by atoms with Gasteiger partial charge in [-0.15, -0.1) is 0 Å². The Hall–Kier alpha value is -3.35. The zero-order valence-electron chi connectivity index (χ0n) is 12.7. The molecule has 0 aliphatic rings. The molecule has 7 heteroatoms. The van der Waals surface area contributed by atoms with E-state index in [0.717, 1.165) is 6.07 Å². The van der Waals surface area contributed by atoms with E-state index in [0.29, 0.717) is 11.1 Å². The van der Waals surface area contributed by atoms with Crippen molar-refractivity contribution in [3.63, 3.8) is 0 Å². The van der Waals surface area contributed by atoms with Crippen LogP contribution in [-0.4, -0.2) is 21.1 Å². The van der Waals surface area contributed by atoms with Gasteiger partial charge in [0.2, 0.25) is 5.91 Å². The summed E-state index contributed by atoms with van der Waals surface area (Å²) in [5.74, 6) is -1.10. The van der Waals surface area contributed by atoms with E-state index in [4.69, 9.17) is 0 Å². The van der Waals surface area contributed by atoms with Gasteiger partial charge >= 0.3 is 0 Å². The number of phenols is 2. The lowest BCUT2D eigenvalue weighted by Crippen LogP contribution is -2.06. The molecule has 0 radical (unpaired) electrons. The molecule has 2 aromatic carbocycles. The van der Waals surface area contributed by atoms with Gasteiger partial charge in [0.1, 0.15) is 17.1 Å². The number of anilines is 3. The maximum Gasteiger partial charge on any atom is 0.221 e. The fraction of sp³-hybridized carbons (Fsp3) is 0.0588. The first-order chi connectivity index (χ1) is 11.5. The van der Waals surface area contributed by atoms with Crippen molar-refractivity contribution in [2.24, 2.45) is 0 Å². The van der Waals surface area contributed by atoms with Crippen LogP contribution in [0.5, 0.6) is 11.5 Å². The van der Waals surface area contributed by atoms with E-state index >= 15 is 0 Å². The van der Waals surface area contributed by atoms with Crippen LogP contribution in [0.3, 0.4) is 0 Å². The molecule has 0 saturated heterocycles. The summed E-state index contributed by atoms with van der Waals surface area (Å²) in [7, 11) is 0. The molecule has 3 rings (SSSR count). The van der Waals surface area contributed by atoms with Crippen molar-refractivity contribution in [3.8, 4) is 11.5 Å². The van der Waals surface area contributed by atoms with Crippen molar-refractivity contribution in [1.82, 2.24) is 4.98 Å². The SMILES string of the molecule is CC(=O)Nc1ccc2c(Nc3cc(O)ccc3F)ccnc2c1O. The number of rotatable bonds is 3. The highest BCUT2D eigenvalue weighted by atomic mass is 19.1. The second-order valence-corrected chi connectivity index (χ2v) is 5.19. The Bertz CT molecular complexity index is 944. The maximum absolute atomic E-state index is 13.9. The first-order valence-corrected chi connectivity index (χ1v) is 7.09. The van der Waals surface area contributed by atoms with Crippen molar-refractivity contribution in [2.45, 2.75) is 6.92 Å². The Kier molecular flexibility index (Phi) is 3.91. The molecule has 0 aliphatic carbocycles. The van der Waals surface area contributed by atoms with Gasteiger partial charge in [0.25, 0.3) is 0 Å². The smallest absolute Gasteiger partial charge is 0.221 e. The van der Waals surface area contributed by atoms with Crippen LogP contribution in [-0.2, 0) is 4.79 Å². The van der Waals surface area contributed by atoms with E-state index in [2.05, 4.69) is 15.6 Å². The predicted molar refractivity (Wildman–Crippen MR) is 89.1 cm³/mol. The summed E-state index contributed by atoms with van der Waals surface area (Å²) in [6, 6.07) is 8.45. The average molecular weight is 327 g/mol. The molecule has 0 fully saturated rings. The molecule has 4 N–H and O–H groups in total. The number of carbonyl (C=O) groups is 1. The van der Waals surface area contributed by atoms with E-state index in [1.807, 2.05) is 0 Å². The minimum atomic E-state index is -0.531. The van der Waals surface area contributed by atoms with E-state index in [-0.39, 0.29) is 34.3 Å². The number of phenolic OH excluding ortho intramolecular Hbond substituents is 2. The minimum Gasteiger partial charge on any atom is -0.508 e. The van der Waals surface area contributed by atoms with Gasteiger partial charge in [-0.25, -0.2) is 4.39 Å². The molecular formula is C17H14FN3O3. The quantitative estimate of drug-likeness (QED) is 0.553. The Labute approximate surface area is 136 Å². The van der Waals surface area contributed by atoms with E-state index < -0.39 is 5.82 Å². The molecular weight excluding hydrogens is 313 g/mol. The van der Waals surface area contributed by atoms with Crippen LogP contribution >= 0.6 is 0 Å². The summed E-state index contributed by atoms with van der Waals surface area (Å²) < 4.78 is 13.9. The molecule has 1 heterocycles. The lowest BCUT2D eigenvalue weighted by atomic mass is 10.1. The van der Waals surface area contributed by atoms with Gasteiger partial charge in [-0.05, 0) is 30.3 Å². The molecule has 3 aromatic rings. The highest BCUT2D eigenvalue weighted by Crippen LogP contribution is 2.36. The van der Waals surface area contributed by atoms with Crippen molar-refractivity contribution < 1.29 is 19.4 Å². The van der Waals surface area contributed by atoms with Crippen LogP contribution in [0.25, 0.3) is 10.9 Å². The van der Waals surface area contributed by atoms with Crippen molar-refractivity contribution in [3.05, 3.63) is 48.4 Å². The number of hydrogen-bond donors (Lipinski definition) is 4. The second-order valence-electron chi connectivity index (χ2n) is 5.19. The van der Waals surface area contributed by atoms with Crippen molar-refractivity contribution >= 4 is 33.9 Å². The van der Waals surface area contributed by atoms with Crippen LogP contribution in [0.4, 0.5) is 21.5 Å². The Morgan fingerprint density at radius 2 is 1.88 bits per heavy atom. The van der Waals surface area contributed by atoms with Gasteiger partial charge in [0, 0.05) is 30.3 Å². The number of hydrogen-bond acceptors (Lipinski definition) is 5. The van der Waals surface area contributed by atoms with Crippen LogP contribution in [0, 0.1) is 5.82 Å². The molecule has 0 bridgehead atoms. The van der Waals surface area contributed by atoms with E-state index in [9.17, 15) is 19.4 Å². The summed E-state index contributed by atoms with van der Waals surface area (Å²) >= 11 is 0. The standard InChI is InChI=1S/C17H14FN3O3/c1-9(22)20-14-5-3-11-13(6-7-19-16(11)17(14)24)21-15-8-10(23)2-4-12(15)18/h2-8,23-24H,1H3,(H,19,21)(H,20,22). The van der Waals surface area contributed by atoms with Crippen LogP contribution < -0.4 is 10.6 Å². The lowest BCUT2D eigenvalue weighted by Gasteiger charge is -2.13. The van der Waals surface area contributed by atoms with Crippen LogP contribution in [0.1, 0.15) is 6.92 Å². The van der Waals surface area contributed by atoms with Gasteiger partial charge < -0.3 is 20.8 Å². The first-order valence-electron chi connectivity index (χ1n) is 7.09. The number of halogens is 1. The zero-order chi connectivity index (χ0) is 17.3. The van der Waals surface area contributed by atoms with Gasteiger partial charge in [-0.1, -0.05) is 0 Å². The normalized spacial score (nSPS) is 10.6. The predicted octanol–water partition coefficient (Wildman–Crippen LogP) is 3.49. The van der Waals surface area contributed by atoms with E-state index in [1.165, 1.54) is 31.3 Å². The summed E-state index contributed by atoms with van der Waals surface area (Å²) in [5.41, 5.74) is 1.08. The largest absolute Gasteiger partial charge is 0.508 e. The topological polar surface area (TPSA) is 94.5 Å². The van der Waals surface area contributed by atoms with Crippen LogP contribution in [0.15, 0.2) is 42.6 Å². The number of fused-ring (bicyclic) bond motifs is 1. The van der Waals surface area contributed by atoms with Crippen molar-refractivity contribution in [1.29, 1.82) is 0 Å². The lowest BCUT2D eigenvalue weighted by molar-refractivity contribution is -0.114. The summed E-state index contributed by atoms with van der Waals surface area (Å²) in [4.78, 5) is 15.3. The molecule has 1 aromatic heterocycles. The molecule has 6 nitrogen and oxygen atoms in total. The molecule has 24 heavy (non-hydrogen) atoms. The van der Waals surface area contributed by atoms with Crippen LogP contribution in [0.2, 0.25) is 0 Å². The van der Waals surface area contributed by atoms with Gasteiger partial charge in [0.15, 0.2) is 5.75 Å². The molecule has 0 spiro atoms. The number of pyridine rings is 1. The molecule has 0 aliphatic heterocycles. The van der Waals surface area contributed by atoms with Crippen molar-refractivity contribution in [2.75, 3.05) is 10.6 Å². The molecule has 0 saturated carbocycles. The number of benzene rings is 2. The highest BCUT2D eigenvalue weighted by molar-refractivity contribution is 6.01. The Morgan fingerprint density at radius 1 is 1.08 bits per heavy atom. The van der Waals surface area contributed by atoms with Gasteiger partial charge in [-0.2, -0.15) is 0 Å². The van der Waals surface area contributed by atoms with E-state index in [1.54, 1.807) is 12.1 Å². The second kappa shape index (κ2) is 6.04. The van der Waals surface area contributed by atoms with Gasteiger partial charge in [0.05, 0.1) is 11.4 Å². The number of aromatic nitrogens is 1.